The van der Waals surface area contributed by atoms with Crippen molar-refractivity contribution in [3.8, 4) is 0 Å². The SMILES string of the molecule is CNc1cc(C(=O)NCC(C)SC)c(Cl)cn1. The first-order valence-electron chi connectivity index (χ1n) is 5.22. The van der Waals surface area contributed by atoms with E-state index in [4.69, 9.17) is 11.6 Å². The van der Waals surface area contributed by atoms with Crippen molar-refractivity contribution in [3.63, 3.8) is 0 Å². The Hall–Kier alpha value is -0.940. The Morgan fingerprint density at radius 1 is 1.65 bits per heavy atom. The number of hydrogen-bond donors (Lipinski definition) is 2. The topological polar surface area (TPSA) is 54.0 Å². The summed E-state index contributed by atoms with van der Waals surface area (Å²) >= 11 is 7.64. The normalized spacial score (nSPS) is 12.0. The molecule has 17 heavy (non-hydrogen) atoms. The van der Waals surface area contributed by atoms with Crippen LogP contribution in [0.1, 0.15) is 17.3 Å². The molecule has 0 aromatic carbocycles. The van der Waals surface area contributed by atoms with Crippen LogP contribution in [0.5, 0.6) is 0 Å². The number of amides is 1. The Balaban J connectivity index is 2.74. The molecule has 0 radical (unpaired) electrons. The summed E-state index contributed by atoms with van der Waals surface area (Å²) in [5.74, 6) is 0.451. The average molecular weight is 274 g/mol. The number of hydrogen-bond acceptors (Lipinski definition) is 4. The molecule has 4 nitrogen and oxygen atoms in total. The molecule has 0 fully saturated rings. The van der Waals surface area contributed by atoms with Gasteiger partial charge in [0.2, 0.25) is 0 Å². The molecule has 1 atom stereocenters. The summed E-state index contributed by atoms with van der Waals surface area (Å²) < 4.78 is 0. The molecule has 1 aromatic rings. The van der Waals surface area contributed by atoms with Gasteiger partial charge in [0.25, 0.3) is 5.91 Å². The van der Waals surface area contributed by atoms with Crippen molar-refractivity contribution < 1.29 is 4.79 Å². The minimum absolute atomic E-state index is 0.171. The van der Waals surface area contributed by atoms with E-state index in [-0.39, 0.29) is 5.91 Å². The molecule has 1 heterocycles. The molecule has 0 aliphatic heterocycles. The molecule has 0 aliphatic rings. The second-order valence-corrected chi connectivity index (χ2v) is 5.24. The number of thioether (sulfide) groups is 1. The van der Waals surface area contributed by atoms with Gasteiger partial charge in [0.15, 0.2) is 0 Å². The molecular weight excluding hydrogens is 258 g/mol. The highest BCUT2D eigenvalue weighted by Gasteiger charge is 2.12. The van der Waals surface area contributed by atoms with E-state index >= 15 is 0 Å². The largest absolute Gasteiger partial charge is 0.373 e. The third-order valence-corrected chi connectivity index (χ3v) is 3.58. The smallest absolute Gasteiger partial charge is 0.253 e. The number of carbonyl (C=O) groups is 1. The summed E-state index contributed by atoms with van der Waals surface area (Å²) in [6.45, 7) is 2.67. The Labute approximate surface area is 111 Å². The lowest BCUT2D eigenvalue weighted by Crippen LogP contribution is -2.29. The van der Waals surface area contributed by atoms with Gasteiger partial charge in [-0.15, -0.1) is 0 Å². The van der Waals surface area contributed by atoms with E-state index < -0.39 is 0 Å². The molecule has 0 aliphatic carbocycles. The van der Waals surface area contributed by atoms with Gasteiger partial charge in [-0.1, -0.05) is 18.5 Å². The first-order chi connectivity index (χ1) is 8.08. The third kappa shape index (κ3) is 4.09. The number of carbonyl (C=O) groups excluding carboxylic acids is 1. The molecule has 1 unspecified atom stereocenters. The predicted molar refractivity (Wildman–Crippen MR) is 74.1 cm³/mol. The molecular formula is C11H16ClN3OS. The number of halogens is 1. The van der Waals surface area contributed by atoms with Crippen molar-refractivity contribution in [2.45, 2.75) is 12.2 Å². The first kappa shape index (κ1) is 14.1. The molecule has 1 aromatic heterocycles. The monoisotopic (exact) mass is 273 g/mol. The standard InChI is InChI=1S/C11H16ClN3OS/c1-7(17-3)5-15-11(16)8-4-10(13-2)14-6-9(8)12/h4,6-7H,5H2,1-3H3,(H,13,14)(H,15,16). The van der Waals surface area contributed by atoms with Crippen LogP contribution >= 0.6 is 23.4 Å². The summed E-state index contributed by atoms with van der Waals surface area (Å²) in [5, 5.41) is 6.45. The zero-order valence-electron chi connectivity index (χ0n) is 10.1. The Bertz CT molecular complexity index is 400. The molecule has 0 bridgehead atoms. The minimum Gasteiger partial charge on any atom is -0.373 e. The van der Waals surface area contributed by atoms with Gasteiger partial charge in [-0.25, -0.2) is 4.98 Å². The highest BCUT2D eigenvalue weighted by molar-refractivity contribution is 7.99. The molecule has 0 saturated carbocycles. The van der Waals surface area contributed by atoms with Crippen LogP contribution in [0.2, 0.25) is 5.02 Å². The maximum atomic E-state index is 11.9. The number of aromatic nitrogens is 1. The molecule has 1 amide bonds. The van der Waals surface area contributed by atoms with Crippen molar-refractivity contribution in [1.29, 1.82) is 0 Å². The third-order valence-electron chi connectivity index (χ3n) is 2.31. The van der Waals surface area contributed by atoms with Crippen molar-refractivity contribution >= 4 is 35.1 Å². The van der Waals surface area contributed by atoms with Crippen molar-refractivity contribution in [3.05, 3.63) is 22.8 Å². The quantitative estimate of drug-likeness (QED) is 0.864. The van der Waals surface area contributed by atoms with E-state index in [1.807, 2.05) is 6.26 Å². The Morgan fingerprint density at radius 2 is 2.35 bits per heavy atom. The molecule has 0 spiro atoms. The van der Waals surface area contributed by atoms with Crippen LogP contribution in [-0.4, -0.2) is 36.0 Å². The molecule has 6 heteroatoms. The molecule has 94 valence electrons. The van der Waals surface area contributed by atoms with E-state index in [2.05, 4.69) is 22.5 Å². The summed E-state index contributed by atoms with van der Waals surface area (Å²) in [6, 6.07) is 1.64. The van der Waals surface area contributed by atoms with Crippen LogP contribution in [0.15, 0.2) is 12.3 Å². The van der Waals surface area contributed by atoms with E-state index in [9.17, 15) is 4.79 Å². The molecule has 2 N–H and O–H groups in total. The van der Waals surface area contributed by atoms with Gasteiger partial charge in [-0.05, 0) is 12.3 Å². The average Bonchev–Trinajstić information content (AvgIpc) is 2.36. The van der Waals surface area contributed by atoms with Crippen molar-refractivity contribution in [2.75, 3.05) is 25.2 Å². The number of rotatable bonds is 5. The Kier molecular flexibility index (Phi) is 5.58. The molecule has 1 rings (SSSR count). The van der Waals surface area contributed by atoms with E-state index in [1.54, 1.807) is 24.9 Å². The lowest BCUT2D eigenvalue weighted by atomic mass is 10.2. The van der Waals surface area contributed by atoms with Gasteiger partial charge < -0.3 is 10.6 Å². The lowest BCUT2D eigenvalue weighted by molar-refractivity contribution is 0.0954. The highest BCUT2D eigenvalue weighted by atomic mass is 35.5. The maximum Gasteiger partial charge on any atom is 0.253 e. The lowest BCUT2D eigenvalue weighted by Gasteiger charge is -2.11. The maximum absolute atomic E-state index is 11.9. The number of nitrogens with zero attached hydrogens (tertiary/aromatic N) is 1. The van der Waals surface area contributed by atoms with Gasteiger partial charge in [-0.2, -0.15) is 11.8 Å². The summed E-state index contributed by atoms with van der Waals surface area (Å²) in [4.78, 5) is 15.9. The van der Waals surface area contributed by atoms with Crippen molar-refractivity contribution in [1.82, 2.24) is 10.3 Å². The fraction of sp³-hybridized carbons (Fsp3) is 0.455. The first-order valence-corrected chi connectivity index (χ1v) is 6.89. The zero-order valence-corrected chi connectivity index (χ0v) is 11.7. The fourth-order valence-electron chi connectivity index (χ4n) is 1.16. The van der Waals surface area contributed by atoms with Gasteiger partial charge in [-0.3, -0.25) is 4.79 Å². The van der Waals surface area contributed by atoms with Crippen LogP contribution in [0.3, 0.4) is 0 Å². The number of pyridine rings is 1. The van der Waals surface area contributed by atoms with Crippen LogP contribution < -0.4 is 10.6 Å². The fourth-order valence-corrected chi connectivity index (χ4v) is 1.60. The second kappa shape index (κ2) is 6.71. The van der Waals surface area contributed by atoms with E-state index in [0.29, 0.717) is 28.2 Å². The van der Waals surface area contributed by atoms with Crippen LogP contribution in [0.4, 0.5) is 5.82 Å². The van der Waals surface area contributed by atoms with Crippen molar-refractivity contribution in [2.24, 2.45) is 0 Å². The number of nitrogens with one attached hydrogen (secondary N) is 2. The van der Waals surface area contributed by atoms with Crippen LogP contribution in [0.25, 0.3) is 0 Å². The van der Waals surface area contributed by atoms with E-state index in [1.165, 1.54) is 6.20 Å². The van der Waals surface area contributed by atoms with Crippen LogP contribution in [-0.2, 0) is 0 Å². The molecule has 0 saturated heterocycles. The predicted octanol–water partition coefficient (Wildman–Crippen LogP) is 2.26. The Morgan fingerprint density at radius 3 is 2.94 bits per heavy atom. The van der Waals surface area contributed by atoms with Gasteiger partial charge in [0, 0.05) is 25.0 Å². The van der Waals surface area contributed by atoms with E-state index in [0.717, 1.165) is 0 Å². The van der Waals surface area contributed by atoms with Gasteiger partial charge >= 0.3 is 0 Å². The zero-order chi connectivity index (χ0) is 12.8. The summed E-state index contributed by atoms with van der Waals surface area (Å²) in [5.41, 5.74) is 0.444. The minimum atomic E-state index is -0.171. The highest BCUT2D eigenvalue weighted by Crippen LogP contribution is 2.17. The van der Waals surface area contributed by atoms with Gasteiger partial charge in [0.05, 0.1) is 10.6 Å². The second-order valence-electron chi connectivity index (χ2n) is 3.56. The van der Waals surface area contributed by atoms with Gasteiger partial charge in [0.1, 0.15) is 5.82 Å². The number of anilines is 1. The summed E-state index contributed by atoms with van der Waals surface area (Å²) in [6.07, 6.45) is 3.48. The van der Waals surface area contributed by atoms with Crippen LogP contribution in [0, 0.1) is 0 Å². The summed E-state index contributed by atoms with van der Waals surface area (Å²) in [7, 11) is 1.74.